The summed E-state index contributed by atoms with van der Waals surface area (Å²) < 4.78 is 0. The number of amides is 3. The topological polar surface area (TPSA) is 101 Å². The third kappa shape index (κ3) is 15.1. The predicted molar refractivity (Wildman–Crippen MR) is 91.7 cm³/mol. The van der Waals surface area contributed by atoms with Gasteiger partial charge in [0.25, 0.3) is 0 Å². The average Bonchev–Trinajstić information content (AvgIpc) is 2.51. The lowest BCUT2D eigenvalue weighted by Gasteiger charge is -2.11. The normalized spacial score (nSPS) is 11.7. The first-order chi connectivity index (χ1) is 11.1. The van der Waals surface area contributed by atoms with E-state index in [0.29, 0.717) is 6.54 Å². The Bertz CT molecular complexity index is 335. The Kier molecular flexibility index (Phi) is 14.3. The summed E-state index contributed by atoms with van der Waals surface area (Å²) in [6, 6.07) is -1.43. The second kappa shape index (κ2) is 15.3. The van der Waals surface area contributed by atoms with Crippen LogP contribution in [0.3, 0.4) is 0 Å². The van der Waals surface area contributed by atoms with Gasteiger partial charge in [0, 0.05) is 6.54 Å². The molecule has 23 heavy (non-hydrogen) atoms. The molecule has 3 amide bonds. The zero-order chi connectivity index (χ0) is 17.3. The standard InChI is InChI=1S/C17H32N3O3/c1-2-3-4-5-6-7-8-9-10-11-12-19-17(23)20-15(14-21)13-16(18)22/h15H,2-13H2,1H3,(H2,18,22)(H2,19,20,23)/t15-/m1/s1. The van der Waals surface area contributed by atoms with Crippen molar-refractivity contribution in [1.29, 1.82) is 0 Å². The molecule has 0 rings (SSSR count). The Morgan fingerprint density at radius 1 is 0.957 bits per heavy atom. The third-order valence-electron chi connectivity index (χ3n) is 3.67. The van der Waals surface area contributed by atoms with Crippen LogP contribution in [0.2, 0.25) is 0 Å². The molecule has 0 aromatic carbocycles. The molecule has 1 radical (unpaired) electrons. The van der Waals surface area contributed by atoms with E-state index in [9.17, 15) is 14.4 Å². The number of rotatable bonds is 15. The van der Waals surface area contributed by atoms with Gasteiger partial charge in [0.2, 0.25) is 12.2 Å². The molecule has 0 saturated carbocycles. The minimum Gasteiger partial charge on any atom is -0.370 e. The van der Waals surface area contributed by atoms with E-state index in [2.05, 4.69) is 17.6 Å². The van der Waals surface area contributed by atoms with E-state index in [1.54, 1.807) is 6.29 Å². The number of urea groups is 1. The first kappa shape index (κ1) is 21.4. The van der Waals surface area contributed by atoms with Crippen molar-refractivity contribution in [2.75, 3.05) is 6.54 Å². The number of nitrogens with two attached hydrogens (primary N) is 1. The van der Waals surface area contributed by atoms with Crippen molar-refractivity contribution in [3.05, 3.63) is 0 Å². The van der Waals surface area contributed by atoms with E-state index in [4.69, 9.17) is 5.73 Å². The maximum Gasteiger partial charge on any atom is 0.315 e. The second-order valence-corrected chi connectivity index (χ2v) is 5.92. The van der Waals surface area contributed by atoms with Crippen molar-refractivity contribution in [3.63, 3.8) is 0 Å². The van der Waals surface area contributed by atoms with Crippen LogP contribution in [0.4, 0.5) is 4.79 Å². The van der Waals surface area contributed by atoms with Crippen LogP contribution in [-0.2, 0) is 9.59 Å². The zero-order valence-corrected chi connectivity index (χ0v) is 14.4. The van der Waals surface area contributed by atoms with Crippen LogP contribution >= 0.6 is 0 Å². The van der Waals surface area contributed by atoms with Gasteiger partial charge in [-0.2, -0.15) is 0 Å². The summed E-state index contributed by atoms with van der Waals surface area (Å²) in [6.07, 6.45) is 13.7. The Morgan fingerprint density at radius 2 is 1.48 bits per heavy atom. The van der Waals surface area contributed by atoms with Crippen LogP contribution in [0.1, 0.15) is 77.6 Å². The van der Waals surface area contributed by atoms with Crippen LogP contribution in [0.15, 0.2) is 0 Å². The smallest absolute Gasteiger partial charge is 0.315 e. The van der Waals surface area contributed by atoms with E-state index in [0.717, 1.165) is 12.8 Å². The third-order valence-corrected chi connectivity index (χ3v) is 3.67. The molecular weight excluding hydrogens is 294 g/mol. The Labute approximate surface area is 140 Å². The van der Waals surface area contributed by atoms with Crippen molar-refractivity contribution in [1.82, 2.24) is 10.6 Å². The quantitative estimate of drug-likeness (QED) is 0.403. The molecule has 0 aliphatic rings. The maximum absolute atomic E-state index is 11.5. The number of unbranched alkanes of at least 4 members (excludes halogenated alkanes) is 9. The van der Waals surface area contributed by atoms with Crippen LogP contribution in [-0.4, -0.2) is 30.8 Å². The Balaban J connectivity index is 3.41. The number of hydrogen-bond donors (Lipinski definition) is 3. The lowest BCUT2D eigenvalue weighted by molar-refractivity contribution is -0.118. The number of carbonyl (C=O) groups is 2. The van der Waals surface area contributed by atoms with Gasteiger partial charge in [-0.3, -0.25) is 9.59 Å². The number of carbonyl (C=O) groups excluding carboxylic acids is 3. The number of nitrogens with one attached hydrogen (secondary N) is 2. The molecule has 0 saturated heterocycles. The molecule has 6 heteroatoms. The van der Waals surface area contributed by atoms with Crippen LogP contribution in [0.5, 0.6) is 0 Å². The van der Waals surface area contributed by atoms with Crippen LogP contribution in [0.25, 0.3) is 0 Å². The highest BCUT2D eigenvalue weighted by atomic mass is 16.2. The summed E-state index contributed by atoms with van der Waals surface area (Å²) in [7, 11) is 0. The number of hydrogen-bond acceptors (Lipinski definition) is 3. The highest BCUT2D eigenvalue weighted by Gasteiger charge is 2.14. The van der Waals surface area contributed by atoms with E-state index in [-0.39, 0.29) is 6.42 Å². The first-order valence-electron chi connectivity index (χ1n) is 8.80. The van der Waals surface area contributed by atoms with Gasteiger partial charge in [-0.25, -0.2) is 4.79 Å². The summed E-state index contributed by atoms with van der Waals surface area (Å²) in [6.45, 7) is 2.79. The lowest BCUT2D eigenvalue weighted by atomic mass is 10.1. The van der Waals surface area contributed by atoms with E-state index in [1.807, 2.05) is 0 Å². The molecule has 0 spiro atoms. The van der Waals surface area contributed by atoms with Gasteiger partial charge in [-0.15, -0.1) is 0 Å². The molecular formula is C17H32N3O3. The Morgan fingerprint density at radius 3 is 1.96 bits per heavy atom. The van der Waals surface area contributed by atoms with Gasteiger partial charge < -0.3 is 16.4 Å². The van der Waals surface area contributed by atoms with Crippen molar-refractivity contribution < 1.29 is 14.4 Å². The molecule has 0 fully saturated rings. The molecule has 0 unspecified atom stereocenters. The van der Waals surface area contributed by atoms with Crippen molar-refractivity contribution >= 4 is 18.2 Å². The highest BCUT2D eigenvalue weighted by molar-refractivity contribution is 5.83. The van der Waals surface area contributed by atoms with Gasteiger partial charge in [0.1, 0.15) is 6.04 Å². The summed E-state index contributed by atoms with van der Waals surface area (Å²) in [5, 5.41) is 5.02. The molecule has 6 nitrogen and oxygen atoms in total. The Hall–Kier alpha value is -1.59. The van der Waals surface area contributed by atoms with Gasteiger partial charge >= 0.3 is 6.03 Å². The second-order valence-electron chi connectivity index (χ2n) is 5.92. The number of primary amides is 1. The highest BCUT2D eigenvalue weighted by Crippen LogP contribution is 2.10. The molecule has 0 heterocycles. The van der Waals surface area contributed by atoms with Crippen molar-refractivity contribution in [2.24, 2.45) is 5.73 Å². The SMILES string of the molecule is CCCCCCCCCCCCNC(=O)N[C@@H]([C]=O)CC(N)=O. The van der Waals surface area contributed by atoms with Crippen LogP contribution < -0.4 is 16.4 Å². The molecule has 0 aromatic heterocycles. The molecule has 133 valence electrons. The van der Waals surface area contributed by atoms with Crippen LogP contribution in [0, 0.1) is 0 Å². The van der Waals surface area contributed by atoms with Gasteiger partial charge in [-0.05, 0) is 6.42 Å². The molecule has 4 N–H and O–H groups in total. The summed E-state index contributed by atoms with van der Waals surface area (Å²) in [5.41, 5.74) is 4.97. The molecule has 0 aliphatic heterocycles. The first-order valence-corrected chi connectivity index (χ1v) is 8.80. The molecule has 0 bridgehead atoms. The van der Waals surface area contributed by atoms with Crippen molar-refractivity contribution in [3.8, 4) is 0 Å². The van der Waals surface area contributed by atoms with E-state index in [1.165, 1.54) is 51.4 Å². The van der Waals surface area contributed by atoms with Gasteiger partial charge in [0.15, 0.2) is 0 Å². The van der Waals surface area contributed by atoms with Gasteiger partial charge in [0.05, 0.1) is 6.42 Å². The molecule has 1 atom stereocenters. The van der Waals surface area contributed by atoms with Gasteiger partial charge in [-0.1, -0.05) is 64.7 Å². The lowest BCUT2D eigenvalue weighted by Crippen LogP contribution is -2.44. The monoisotopic (exact) mass is 326 g/mol. The fourth-order valence-electron chi connectivity index (χ4n) is 2.35. The largest absolute Gasteiger partial charge is 0.370 e. The summed E-state index contributed by atoms with van der Waals surface area (Å²) in [4.78, 5) is 32.7. The van der Waals surface area contributed by atoms with E-state index >= 15 is 0 Å². The molecule has 0 aromatic rings. The fraction of sp³-hybridized carbons (Fsp3) is 0.824. The molecule has 0 aliphatic carbocycles. The van der Waals surface area contributed by atoms with E-state index < -0.39 is 18.0 Å². The summed E-state index contributed by atoms with van der Waals surface area (Å²) in [5.74, 6) is -0.645. The zero-order valence-electron chi connectivity index (χ0n) is 14.4. The fourth-order valence-corrected chi connectivity index (χ4v) is 2.35. The minimum absolute atomic E-state index is 0.227. The summed E-state index contributed by atoms with van der Waals surface area (Å²) >= 11 is 0. The maximum atomic E-state index is 11.5. The average molecular weight is 326 g/mol. The minimum atomic E-state index is -0.972. The predicted octanol–water partition coefficient (Wildman–Crippen LogP) is 2.56. The van der Waals surface area contributed by atoms with Crippen molar-refractivity contribution in [2.45, 2.75) is 83.6 Å².